The van der Waals surface area contributed by atoms with Crippen molar-refractivity contribution in [1.82, 2.24) is 9.80 Å². The van der Waals surface area contributed by atoms with Gasteiger partial charge in [-0.25, -0.2) is 0 Å². The van der Waals surface area contributed by atoms with Crippen molar-refractivity contribution in [3.8, 4) is 0 Å². The minimum atomic E-state index is -0.0852. The summed E-state index contributed by atoms with van der Waals surface area (Å²) in [6, 6.07) is 16.6. The van der Waals surface area contributed by atoms with Crippen LogP contribution in [0.15, 0.2) is 52.6 Å². The fourth-order valence-electron chi connectivity index (χ4n) is 6.66. The quantitative estimate of drug-likeness (QED) is 0.132. The molecule has 0 spiro atoms. The van der Waals surface area contributed by atoms with E-state index in [-0.39, 0.29) is 31.5 Å². The number of rotatable bonds is 14. The Bertz CT molecular complexity index is 1110. The van der Waals surface area contributed by atoms with Gasteiger partial charge in [0.25, 0.3) is 0 Å². The van der Waals surface area contributed by atoms with Crippen molar-refractivity contribution in [2.75, 3.05) is 51.3 Å². The Morgan fingerprint density at radius 1 is 1.10 bits per heavy atom. The molecule has 7 nitrogen and oxygen atoms in total. The van der Waals surface area contributed by atoms with Gasteiger partial charge < -0.3 is 50.6 Å². The largest absolute Gasteiger partial charge is 5.00 e. The molecule has 0 saturated carbocycles. The molecule has 4 rings (SSSR count). The molecule has 2 fully saturated rings. The minimum Gasteiger partial charge on any atom is -2.00 e. The Balaban J connectivity index is 0.00000280. The summed E-state index contributed by atoms with van der Waals surface area (Å²) in [5.41, 5.74) is 2.59. The van der Waals surface area contributed by atoms with E-state index in [1.807, 2.05) is 0 Å². The Kier molecular flexibility index (Phi) is 15.6. The van der Waals surface area contributed by atoms with Gasteiger partial charge in [-0.1, -0.05) is 54.5 Å². The van der Waals surface area contributed by atoms with Crippen molar-refractivity contribution in [2.24, 2.45) is 16.1 Å². The predicted octanol–water partition coefficient (Wildman–Crippen LogP) is 3.61. The molecule has 218 valence electrons. The third-order valence-electron chi connectivity index (χ3n) is 8.26. The van der Waals surface area contributed by atoms with Crippen LogP contribution in [-0.2, 0) is 55.7 Å². The molecule has 2 aromatic rings. The fourth-order valence-corrected chi connectivity index (χ4v) is 7.01. The van der Waals surface area contributed by atoms with Crippen molar-refractivity contribution in [3.05, 3.63) is 48.0 Å². The standard InChI is InChI=1S/C30H44N4O2S2.O.Tc/c1-3-27(32-36-2)30-26(24-10-9-22-7-4-5-8-23(22)19-24)20-25-11-12-28(30)34(25)15-6-14-33(16-18-38)21-29(35)31-13-17-37;;/h4-5,7-10,19,25-26,28,30,37-38H,3,6,11-18,20-21H2,1-2H3,(H,31,35);;/q;-2;+5/p-3/b32-27+;;/t25?,26-,28?,30-;;/m1../s1/i;;1+0. The Labute approximate surface area is 264 Å². The average molecular weight is 668 g/mol. The minimum absolute atomic E-state index is 0. The second-order valence-corrected chi connectivity index (χ2v) is 11.3. The summed E-state index contributed by atoms with van der Waals surface area (Å²) in [5, 5.41) is 19.4. The molecule has 0 radical (unpaired) electrons. The average Bonchev–Trinajstić information content (AvgIpc) is 3.21. The molecule has 2 saturated heterocycles. The summed E-state index contributed by atoms with van der Waals surface area (Å²) in [7, 11) is 1.66. The van der Waals surface area contributed by atoms with Gasteiger partial charge in [0.15, 0.2) is 0 Å². The molecule has 2 aromatic carbocycles. The van der Waals surface area contributed by atoms with E-state index < -0.39 is 0 Å². The van der Waals surface area contributed by atoms with Gasteiger partial charge >= 0.3 is 20.1 Å². The van der Waals surface area contributed by atoms with Crippen molar-refractivity contribution in [1.29, 1.82) is 0 Å². The number of benzene rings is 2. The zero-order valence-electron chi connectivity index (χ0n) is 23.5. The molecule has 40 heavy (non-hydrogen) atoms. The number of aliphatic imine (C=N–C) groups is 1. The van der Waals surface area contributed by atoms with E-state index in [9.17, 15) is 5.11 Å². The molecular formula is C30H41N4O3S2Tc. The topological polar surface area (TPSA) is 92.0 Å². The van der Waals surface area contributed by atoms with Gasteiger partial charge in [0.05, 0.1) is 5.71 Å². The smallest absolute Gasteiger partial charge is 2.00 e. The molecule has 2 heterocycles. The zero-order chi connectivity index (χ0) is 26.9. The van der Waals surface area contributed by atoms with Crippen LogP contribution in [0.5, 0.6) is 0 Å². The van der Waals surface area contributed by atoms with Gasteiger partial charge in [-0.3, -0.25) is 4.90 Å². The third-order valence-corrected chi connectivity index (χ3v) is 8.62. The third kappa shape index (κ3) is 8.69. The first-order valence-electron chi connectivity index (χ1n) is 14.0. The van der Waals surface area contributed by atoms with Crippen molar-refractivity contribution in [3.63, 3.8) is 0 Å². The molecule has 10 heteroatoms. The molecular weight excluding hydrogens is 626 g/mol. The molecule has 2 aliphatic rings. The van der Waals surface area contributed by atoms with Crippen LogP contribution in [0.4, 0.5) is 0 Å². The Morgan fingerprint density at radius 2 is 1.88 bits per heavy atom. The summed E-state index contributed by atoms with van der Waals surface area (Å²) in [6.07, 6.45) is 5.45. The maximum Gasteiger partial charge on any atom is 5.00 e. The van der Waals surface area contributed by atoms with Gasteiger partial charge in [0.1, 0.15) is 7.11 Å². The van der Waals surface area contributed by atoms with Crippen molar-refractivity contribution >= 4 is 47.6 Å². The summed E-state index contributed by atoms with van der Waals surface area (Å²) >= 11 is 10.1. The summed E-state index contributed by atoms with van der Waals surface area (Å²) in [4.78, 5) is 14.3. The van der Waals surface area contributed by atoms with Gasteiger partial charge in [-0.05, 0) is 79.9 Å². The first-order chi connectivity index (χ1) is 18.6. The molecule has 0 aliphatic carbocycles. The molecule has 0 N–H and O–H groups in total. The second kappa shape index (κ2) is 17.7. The SMILES string of the molecule is CC/C(=N\OC)[C@@H]1C2CCC(C[C@@H]1c1ccc3ccccc3c1)N2CCCN(CC[S-])CC([O-])=NCC[S-].[98Tc+5].[O-2]. The van der Waals surface area contributed by atoms with E-state index in [0.29, 0.717) is 48.5 Å². The number of oxime groups is 1. The molecule has 2 unspecified atom stereocenters. The van der Waals surface area contributed by atoms with E-state index in [2.05, 4.69) is 69.3 Å². The van der Waals surface area contributed by atoms with Crippen LogP contribution in [0.3, 0.4) is 0 Å². The first-order valence-corrected chi connectivity index (χ1v) is 15.2. The Hall–Kier alpha value is -1.13. The molecule has 2 aliphatic heterocycles. The van der Waals surface area contributed by atoms with Crippen LogP contribution in [0.25, 0.3) is 10.8 Å². The van der Waals surface area contributed by atoms with Crippen LogP contribution in [-0.4, -0.2) is 84.8 Å². The maximum absolute atomic E-state index is 12.2. The van der Waals surface area contributed by atoms with Crippen molar-refractivity contribution in [2.45, 2.75) is 57.0 Å². The zero-order valence-corrected chi connectivity index (χ0v) is 27.0. The van der Waals surface area contributed by atoms with Crippen LogP contribution in [0.1, 0.15) is 50.5 Å². The second-order valence-electron chi connectivity index (χ2n) is 10.4. The van der Waals surface area contributed by atoms with Crippen LogP contribution in [0, 0.1) is 5.92 Å². The molecule has 0 aromatic heterocycles. The molecule has 2 bridgehead atoms. The van der Waals surface area contributed by atoms with E-state index in [4.69, 9.17) is 30.1 Å². The van der Waals surface area contributed by atoms with E-state index in [0.717, 1.165) is 38.9 Å². The predicted molar refractivity (Wildman–Crippen MR) is 162 cm³/mol. The van der Waals surface area contributed by atoms with Crippen LogP contribution < -0.4 is 5.11 Å². The van der Waals surface area contributed by atoms with Crippen molar-refractivity contribution < 1.29 is 35.5 Å². The van der Waals surface area contributed by atoms with E-state index in [1.54, 1.807) is 7.11 Å². The van der Waals surface area contributed by atoms with Gasteiger partial charge in [0.2, 0.25) is 0 Å². The first kappa shape index (κ1) is 35.1. The summed E-state index contributed by atoms with van der Waals surface area (Å²) in [6.45, 7) is 5.58. The summed E-state index contributed by atoms with van der Waals surface area (Å²) in [5.74, 6) is 1.78. The number of piperidine rings is 1. The van der Waals surface area contributed by atoms with Gasteiger partial charge in [-0.2, -0.15) is 11.5 Å². The maximum atomic E-state index is 12.2. The molecule has 4 atom stereocenters. The molecule has 0 amide bonds. The van der Waals surface area contributed by atoms with E-state index in [1.165, 1.54) is 34.9 Å². The van der Waals surface area contributed by atoms with Gasteiger partial charge in [0, 0.05) is 31.1 Å². The Morgan fingerprint density at radius 3 is 2.58 bits per heavy atom. The van der Waals surface area contributed by atoms with E-state index >= 15 is 0 Å². The number of fused-ring (bicyclic) bond motifs is 3. The number of hydrogen-bond acceptors (Lipinski definition) is 8. The summed E-state index contributed by atoms with van der Waals surface area (Å²) < 4.78 is 0. The normalized spacial score (nSPS) is 23.2. The number of nitrogens with zero attached hydrogens (tertiary/aromatic N) is 4. The van der Waals surface area contributed by atoms with Crippen LogP contribution in [0.2, 0.25) is 0 Å². The van der Waals surface area contributed by atoms with Crippen LogP contribution >= 0.6 is 0 Å². The fraction of sp³-hybridized carbons (Fsp3) is 0.600. The number of hydrogen-bond donors (Lipinski definition) is 0. The monoisotopic (exact) mass is 667 g/mol. The van der Waals surface area contributed by atoms with Gasteiger partial charge in [-0.15, -0.1) is 0 Å².